The van der Waals surface area contributed by atoms with Gasteiger partial charge >= 0.3 is 6.18 Å². The lowest BCUT2D eigenvalue weighted by Gasteiger charge is -2.49. The Balaban J connectivity index is 1.84. The molecule has 0 aromatic carbocycles. The standard InChI is InChI=1S/C19H24F4N6O/c1-17(2)12(5-13(17)30)28-15-11(19(21,22)23)8-26-16(29-15)25-7-10-6-24-9-27-14(10)18(3,4)20/h6,8-9,12-13,30H,5,7H2,1-4H3,(H2,25,26,28,29)/t12-,13+/m1/s1. The van der Waals surface area contributed by atoms with Crippen LogP contribution in [0.25, 0.3) is 0 Å². The summed E-state index contributed by atoms with van der Waals surface area (Å²) in [6.45, 7) is 6.26. The molecule has 3 N–H and O–H groups in total. The second-order valence-electron chi connectivity index (χ2n) is 8.45. The second-order valence-corrected chi connectivity index (χ2v) is 8.45. The number of hydrogen-bond donors (Lipinski definition) is 3. The summed E-state index contributed by atoms with van der Waals surface area (Å²) in [6, 6.07) is -0.377. The monoisotopic (exact) mass is 428 g/mol. The topological polar surface area (TPSA) is 95.9 Å². The predicted octanol–water partition coefficient (Wildman–Crippen LogP) is 3.67. The van der Waals surface area contributed by atoms with Crippen LogP contribution in [0.1, 0.15) is 50.9 Å². The Hall–Kier alpha value is -2.56. The third kappa shape index (κ3) is 4.45. The van der Waals surface area contributed by atoms with E-state index < -0.39 is 28.9 Å². The molecule has 1 saturated carbocycles. The molecule has 30 heavy (non-hydrogen) atoms. The molecule has 3 rings (SSSR count). The molecule has 2 heterocycles. The minimum atomic E-state index is -4.65. The zero-order valence-electron chi connectivity index (χ0n) is 17.0. The van der Waals surface area contributed by atoms with Crippen LogP contribution in [0, 0.1) is 5.41 Å². The number of hydrogen-bond acceptors (Lipinski definition) is 7. The molecular formula is C19H24F4N6O. The summed E-state index contributed by atoms with van der Waals surface area (Å²) in [5, 5.41) is 15.5. The average molecular weight is 428 g/mol. The van der Waals surface area contributed by atoms with Crippen molar-refractivity contribution in [1.82, 2.24) is 19.9 Å². The Morgan fingerprint density at radius 1 is 1.17 bits per heavy atom. The van der Waals surface area contributed by atoms with Gasteiger partial charge in [-0.25, -0.2) is 19.3 Å². The Kier molecular flexibility index (Phi) is 5.61. The van der Waals surface area contributed by atoms with Gasteiger partial charge in [-0.1, -0.05) is 13.8 Å². The highest BCUT2D eigenvalue weighted by molar-refractivity contribution is 5.50. The summed E-state index contributed by atoms with van der Waals surface area (Å²) in [5.41, 5.74) is -2.71. The minimum Gasteiger partial charge on any atom is -0.392 e. The van der Waals surface area contributed by atoms with E-state index in [1.807, 2.05) is 0 Å². The van der Waals surface area contributed by atoms with Crippen LogP contribution in [-0.4, -0.2) is 37.2 Å². The second kappa shape index (κ2) is 7.60. The van der Waals surface area contributed by atoms with Crippen molar-refractivity contribution in [3.63, 3.8) is 0 Å². The lowest BCUT2D eigenvalue weighted by molar-refractivity contribution is -0.137. The third-order valence-electron chi connectivity index (χ3n) is 5.41. The molecular weight excluding hydrogens is 404 g/mol. The van der Waals surface area contributed by atoms with Crippen LogP contribution in [0.4, 0.5) is 29.3 Å². The van der Waals surface area contributed by atoms with Gasteiger partial charge in [-0.05, 0) is 20.3 Å². The lowest BCUT2D eigenvalue weighted by atomic mass is 9.64. The first-order valence-electron chi connectivity index (χ1n) is 9.41. The summed E-state index contributed by atoms with van der Waals surface area (Å²) in [5.74, 6) is -0.435. The number of aliphatic hydroxyl groups is 1. The maximum atomic E-state index is 14.3. The van der Waals surface area contributed by atoms with Crippen LogP contribution >= 0.6 is 0 Å². The third-order valence-corrected chi connectivity index (χ3v) is 5.41. The van der Waals surface area contributed by atoms with Gasteiger partial charge in [-0.3, -0.25) is 0 Å². The smallest absolute Gasteiger partial charge is 0.392 e. The SMILES string of the molecule is CC(C)(F)c1ncncc1CNc1ncc(C(F)(F)F)c(N[C@@H]2C[C@H](O)C2(C)C)n1. The van der Waals surface area contributed by atoms with E-state index in [0.717, 1.165) is 0 Å². The fourth-order valence-corrected chi connectivity index (χ4v) is 3.29. The van der Waals surface area contributed by atoms with Gasteiger partial charge in [0.2, 0.25) is 5.95 Å². The van der Waals surface area contributed by atoms with E-state index in [1.165, 1.54) is 26.4 Å². The number of alkyl halides is 4. The van der Waals surface area contributed by atoms with Crippen molar-refractivity contribution in [3.8, 4) is 0 Å². The normalized spacial score (nSPS) is 21.1. The molecule has 11 heteroatoms. The molecule has 0 amide bonds. The number of nitrogens with one attached hydrogen (secondary N) is 2. The molecule has 1 aliphatic rings. The maximum Gasteiger partial charge on any atom is 0.421 e. The number of halogens is 4. The maximum absolute atomic E-state index is 14.3. The van der Waals surface area contributed by atoms with Crippen molar-refractivity contribution in [2.45, 2.75) is 64.7 Å². The van der Waals surface area contributed by atoms with E-state index in [4.69, 9.17) is 0 Å². The van der Waals surface area contributed by atoms with E-state index in [-0.39, 0.29) is 30.0 Å². The number of aliphatic hydroxyl groups excluding tert-OH is 1. The van der Waals surface area contributed by atoms with Gasteiger partial charge < -0.3 is 15.7 Å². The van der Waals surface area contributed by atoms with E-state index in [9.17, 15) is 22.7 Å². The van der Waals surface area contributed by atoms with Gasteiger partial charge in [0.15, 0.2) is 0 Å². The summed E-state index contributed by atoms with van der Waals surface area (Å²) in [6.07, 6.45) is -1.59. The lowest BCUT2D eigenvalue weighted by Crippen LogP contribution is -2.57. The van der Waals surface area contributed by atoms with Crippen molar-refractivity contribution in [2.24, 2.45) is 5.41 Å². The van der Waals surface area contributed by atoms with Crippen LogP contribution in [0.3, 0.4) is 0 Å². The van der Waals surface area contributed by atoms with Crippen LogP contribution in [-0.2, 0) is 18.4 Å². The van der Waals surface area contributed by atoms with Crippen molar-refractivity contribution >= 4 is 11.8 Å². The van der Waals surface area contributed by atoms with Crippen LogP contribution in [0.2, 0.25) is 0 Å². The first kappa shape index (κ1) is 22.1. The molecule has 1 fully saturated rings. The molecule has 0 aliphatic heterocycles. The molecule has 0 unspecified atom stereocenters. The van der Waals surface area contributed by atoms with E-state index in [1.54, 1.807) is 13.8 Å². The predicted molar refractivity (Wildman–Crippen MR) is 102 cm³/mol. The van der Waals surface area contributed by atoms with Gasteiger partial charge in [0, 0.05) is 36.0 Å². The van der Waals surface area contributed by atoms with Gasteiger partial charge in [0.25, 0.3) is 0 Å². The molecule has 0 spiro atoms. The zero-order chi connectivity index (χ0) is 22.3. The molecule has 0 saturated heterocycles. The highest BCUT2D eigenvalue weighted by Gasteiger charge is 2.48. The summed E-state index contributed by atoms with van der Waals surface area (Å²) in [4.78, 5) is 15.6. The summed E-state index contributed by atoms with van der Waals surface area (Å²) in [7, 11) is 0. The Bertz CT molecular complexity index is 913. The average Bonchev–Trinajstić information content (AvgIpc) is 2.65. The molecule has 164 valence electrons. The van der Waals surface area contributed by atoms with E-state index >= 15 is 0 Å². The number of rotatable bonds is 6. The summed E-state index contributed by atoms with van der Waals surface area (Å²) >= 11 is 0. The highest BCUT2D eigenvalue weighted by atomic mass is 19.4. The minimum absolute atomic E-state index is 0.0297. The van der Waals surface area contributed by atoms with E-state index in [0.29, 0.717) is 18.2 Å². The Labute approximate surface area is 171 Å². The first-order valence-corrected chi connectivity index (χ1v) is 9.41. The number of anilines is 2. The number of aromatic nitrogens is 4. The van der Waals surface area contributed by atoms with Crippen LogP contribution < -0.4 is 10.6 Å². The molecule has 2 aromatic rings. The Morgan fingerprint density at radius 3 is 2.43 bits per heavy atom. The van der Waals surface area contributed by atoms with Crippen molar-refractivity contribution in [2.75, 3.05) is 10.6 Å². The van der Waals surface area contributed by atoms with Crippen LogP contribution in [0.15, 0.2) is 18.7 Å². The molecule has 0 radical (unpaired) electrons. The fourth-order valence-electron chi connectivity index (χ4n) is 3.29. The van der Waals surface area contributed by atoms with Gasteiger partial charge in [0.1, 0.15) is 23.4 Å². The molecule has 2 aromatic heterocycles. The zero-order valence-corrected chi connectivity index (χ0v) is 17.0. The Morgan fingerprint density at radius 2 is 1.87 bits per heavy atom. The number of nitrogens with zero attached hydrogens (tertiary/aromatic N) is 4. The molecule has 2 atom stereocenters. The molecule has 0 bridgehead atoms. The highest BCUT2D eigenvalue weighted by Crippen LogP contribution is 2.43. The summed E-state index contributed by atoms with van der Waals surface area (Å²) < 4.78 is 54.6. The van der Waals surface area contributed by atoms with Gasteiger partial charge in [0.05, 0.1) is 11.8 Å². The first-order chi connectivity index (χ1) is 13.8. The molecule has 1 aliphatic carbocycles. The quantitative estimate of drug-likeness (QED) is 0.604. The molecule has 7 nitrogen and oxygen atoms in total. The van der Waals surface area contributed by atoms with E-state index in [2.05, 4.69) is 30.6 Å². The van der Waals surface area contributed by atoms with Crippen molar-refractivity contribution in [3.05, 3.63) is 35.5 Å². The fraction of sp³-hybridized carbons (Fsp3) is 0.579. The van der Waals surface area contributed by atoms with Crippen LogP contribution in [0.5, 0.6) is 0 Å². The van der Waals surface area contributed by atoms with Crippen molar-refractivity contribution < 1.29 is 22.7 Å². The van der Waals surface area contributed by atoms with Gasteiger partial charge in [-0.15, -0.1) is 0 Å². The van der Waals surface area contributed by atoms with Crippen molar-refractivity contribution in [1.29, 1.82) is 0 Å². The largest absolute Gasteiger partial charge is 0.421 e. The van der Waals surface area contributed by atoms with Gasteiger partial charge in [-0.2, -0.15) is 18.2 Å².